The monoisotopic (exact) mass is 333 g/mol. The lowest BCUT2D eigenvalue weighted by molar-refractivity contribution is 0.269. The molecule has 3 nitrogen and oxygen atoms in total. The number of carbonyl (C=O) groups is 1. The Hall–Kier alpha value is -2.01. The Morgan fingerprint density at radius 3 is 2.57 bits per heavy atom. The minimum atomic E-state index is -0.378. The van der Waals surface area contributed by atoms with Crippen molar-refractivity contribution in [1.82, 2.24) is 0 Å². The van der Waals surface area contributed by atoms with Gasteiger partial charge in [0.1, 0.15) is 6.61 Å². The molecule has 0 spiro atoms. The molecule has 0 saturated carbocycles. The van der Waals surface area contributed by atoms with Crippen LogP contribution in [0, 0.1) is 26.6 Å². The lowest BCUT2D eigenvalue weighted by atomic mass is 10.1. The molecule has 2 aromatic carbocycles. The molecular formula is C18H20FNO2S. The fourth-order valence-electron chi connectivity index (χ4n) is 2.19. The number of benzene rings is 2. The van der Waals surface area contributed by atoms with Crippen LogP contribution in [0.25, 0.3) is 0 Å². The van der Waals surface area contributed by atoms with E-state index in [-0.39, 0.29) is 23.4 Å². The third-order valence-corrected chi connectivity index (χ3v) is 4.23. The van der Waals surface area contributed by atoms with Crippen LogP contribution in [0.4, 0.5) is 14.9 Å². The Kier molecular flexibility index (Phi) is 5.66. The molecule has 0 atom stereocenters. The van der Waals surface area contributed by atoms with Crippen molar-refractivity contribution in [3.63, 3.8) is 0 Å². The number of halogens is 1. The van der Waals surface area contributed by atoms with Crippen LogP contribution in [0.5, 0.6) is 5.75 Å². The van der Waals surface area contributed by atoms with Crippen LogP contribution in [0.1, 0.15) is 22.3 Å². The molecule has 0 aliphatic heterocycles. The maximum absolute atomic E-state index is 14.0. The molecule has 5 heteroatoms. The summed E-state index contributed by atoms with van der Waals surface area (Å²) < 4.78 is 19.7. The van der Waals surface area contributed by atoms with E-state index in [1.165, 1.54) is 6.07 Å². The summed E-state index contributed by atoms with van der Waals surface area (Å²) in [6.45, 7) is 5.90. The summed E-state index contributed by atoms with van der Waals surface area (Å²) in [6, 6.07) is 8.79. The van der Waals surface area contributed by atoms with E-state index in [0.29, 0.717) is 5.69 Å². The first-order valence-corrected chi connectivity index (χ1v) is 8.48. The standard InChI is InChI=1S/C18H20FNO2S/c1-11-6-5-7-16(20-18(21)23-4)14(11)10-22-17-9-13(3)12(2)8-15(17)19/h5-9H,10H2,1-4H3,(H,20,21). The van der Waals surface area contributed by atoms with Crippen LogP contribution in [-0.4, -0.2) is 11.5 Å². The number of aryl methyl sites for hydroxylation is 3. The van der Waals surface area contributed by atoms with Gasteiger partial charge in [0.05, 0.1) is 0 Å². The fourth-order valence-corrected chi connectivity index (χ4v) is 2.40. The molecule has 23 heavy (non-hydrogen) atoms. The van der Waals surface area contributed by atoms with Crippen LogP contribution in [0.2, 0.25) is 0 Å². The molecule has 1 N–H and O–H groups in total. The Labute approximate surface area is 140 Å². The minimum Gasteiger partial charge on any atom is -0.486 e. The van der Waals surface area contributed by atoms with Crippen molar-refractivity contribution < 1.29 is 13.9 Å². The molecular weight excluding hydrogens is 313 g/mol. The second-order valence-corrected chi connectivity index (χ2v) is 6.15. The fraction of sp³-hybridized carbons (Fsp3) is 0.278. The Morgan fingerprint density at radius 1 is 1.17 bits per heavy atom. The van der Waals surface area contributed by atoms with E-state index in [1.54, 1.807) is 12.3 Å². The average Bonchev–Trinajstić information content (AvgIpc) is 2.51. The van der Waals surface area contributed by atoms with Crippen molar-refractivity contribution in [1.29, 1.82) is 0 Å². The number of carbonyl (C=O) groups excluding carboxylic acids is 1. The van der Waals surface area contributed by atoms with E-state index in [4.69, 9.17) is 4.74 Å². The van der Waals surface area contributed by atoms with Gasteiger partial charge >= 0.3 is 0 Å². The maximum atomic E-state index is 14.0. The van der Waals surface area contributed by atoms with Crippen molar-refractivity contribution in [3.05, 3.63) is 58.4 Å². The number of hydrogen-bond acceptors (Lipinski definition) is 3. The average molecular weight is 333 g/mol. The Balaban J connectivity index is 2.23. The van der Waals surface area contributed by atoms with Gasteiger partial charge in [0.2, 0.25) is 0 Å². The van der Waals surface area contributed by atoms with Gasteiger partial charge in [-0.15, -0.1) is 0 Å². The number of amides is 1. The summed E-state index contributed by atoms with van der Waals surface area (Å²) >= 11 is 1.10. The second-order valence-electron chi connectivity index (χ2n) is 5.37. The van der Waals surface area contributed by atoms with Crippen molar-refractivity contribution in [2.45, 2.75) is 27.4 Å². The third kappa shape index (κ3) is 4.26. The first-order valence-electron chi connectivity index (χ1n) is 7.25. The molecule has 0 aliphatic carbocycles. The zero-order chi connectivity index (χ0) is 17.0. The Morgan fingerprint density at radius 2 is 1.87 bits per heavy atom. The summed E-state index contributed by atoms with van der Waals surface area (Å²) in [5.74, 6) is -0.158. The van der Waals surface area contributed by atoms with Gasteiger partial charge < -0.3 is 10.1 Å². The van der Waals surface area contributed by atoms with Crippen LogP contribution in [0.15, 0.2) is 30.3 Å². The molecule has 1 amide bonds. The number of thioether (sulfide) groups is 1. The molecule has 2 aromatic rings. The second kappa shape index (κ2) is 7.51. The van der Waals surface area contributed by atoms with Gasteiger partial charge in [0.25, 0.3) is 5.24 Å². The lowest BCUT2D eigenvalue weighted by Crippen LogP contribution is -2.09. The highest BCUT2D eigenvalue weighted by Gasteiger charge is 2.11. The first-order chi connectivity index (χ1) is 10.9. The number of ether oxygens (including phenoxy) is 1. The lowest BCUT2D eigenvalue weighted by Gasteiger charge is -2.15. The highest BCUT2D eigenvalue weighted by molar-refractivity contribution is 8.13. The van der Waals surface area contributed by atoms with Crippen molar-refractivity contribution in [2.75, 3.05) is 11.6 Å². The summed E-state index contributed by atoms with van der Waals surface area (Å²) in [5.41, 5.74) is 4.37. The predicted molar refractivity (Wildman–Crippen MR) is 93.9 cm³/mol. The van der Waals surface area contributed by atoms with Crippen LogP contribution in [0.3, 0.4) is 0 Å². The summed E-state index contributed by atoms with van der Waals surface area (Å²) in [7, 11) is 0. The molecule has 0 aliphatic rings. The predicted octanol–water partition coefficient (Wildman–Crippen LogP) is 5.22. The molecule has 0 fully saturated rings. The van der Waals surface area contributed by atoms with Crippen molar-refractivity contribution in [2.24, 2.45) is 0 Å². The van der Waals surface area contributed by atoms with Gasteiger partial charge in [-0.3, -0.25) is 4.79 Å². The third-order valence-electron chi connectivity index (χ3n) is 3.75. The normalized spacial score (nSPS) is 10.5. The number of rotatable bonds is 4. The van der Waals surface area contributed by atoms with Crippen LogP contribution in [-0.2, 0) is 6.61 Å². The zero-order valence-electron chi connectivity index (χ0n) is 13.7. The summed E-state index contributed by atoms with van der Waals surface area (Å²) in [4.78, 5) is 11.6. The van der Waals surface area contributed by atoms with Gasteiger partial charge in [0, 0.05) is 11.3 Å². The largest absolute Gasteiger partial charge is 0.486 e. The van der Waals surface area contributed by atoms with E-state index in [0.717, 1.165) is 34.0 Å². The molecule has 0 radical (unpaired) electrons. The topological polar surface area (TPSA) is 38.3 Å². The molecule has 0 saturated heterocycles. The minimum absolute atomic E-state index is 0.144. The quantitative estimate of drug-likeness (QED) is 0.833. The first kappa shape index (κ1) is 17.3. The molecule has 2 rings (SSSR count). The Bertz CT molecular complexity index is 731. The smallest absolute Gasteiger partial charge is 0.283 e. The molecule has 0 bridgehead atoms. The number of nitrogens with one attached hydrogen (secondary N) is 1. The highest BCUT2D eigenvalue weighted by atomic mass is 32.2. The van der Waals surface area contributed by atoms with Gasteiger partial charge in [-0.05, 0) is 61.9 Å². The number of hydrogen-bond donors (Lipinski definition) is 1. The van der Waals surface area contributed by atoms with Crippen LogP contribution >= 0.6 is 11.8 Å². The van der Waals surface area contributed by atoms with E-state index < -0.39 is 0 Å². The molecule has 0 unspecified atom stereocenters. The van der Waals surface area contributed by atoms with Gasteiger partial charge in [-0.25, -0.2) is 4.39 Å². The van der Waals surface area contributed by atoms with Gasteiger partial charge in [0.15, 0.2) is 11.6 Å². The van der Waals surface area contributed by atoms with Crippen LogP contribution < -0.4 is 10.1 Å². The van der Waals surface area contributed by atoms with Crippen molar-refractivity contribution in [3.8, 4) is 5.75 Å². The van der Waals surface area contributed by atoms with E-state index in [1.807, 2.05) is 39.0 Å². The van der Waals surface area contributed by atoms with E-state index in [2.05, 4.69) is 5.32 Å². The molecule has 0 aromatic heterocycles. The molecule has 122 valence electrons. The van der Waals surface area contributed by atoms with Crippen molar-refractivity contribution >= 4 is 22.7 Å². The summed E-state index contributed by atoms with van der Waals surface area (Å²) in [6.07, 6.45) is 1.71. The van der Waals surface area contributed by atoms with E-state index >= 15 is 0 Å². The van der Waals surface area contributed by atoms with Gasteiger partial charge in [-0.2, -0.15) is 0 Å². The summed E-state index contributed by atoms with van der Waals surface area (Å²) in [5, 5.41) is 2.68. The zero-order valence-corrected chi connectivity index (χ0v) is 14.5. The highest BCUT2D eigenvalue weighted by Crippen LogP contribution is 2.26. The maximum Gasteiger partial charge on any atom is 0.283 e. The van der Waals surface area contributed by atoms with E-state index in [9.17, 15) is 9.18 Å². The SMILES string of the molecule is CSC(=O)Nc1cccc(C)c1COc1cc(C)c(C)cc1F. The molecule has 0 heterocycles. The number of anilines is 1. The van der Waals surface area contributed by atoms with Gasteiger partial charge in [-0.1, -0.05) is 23.9 Å².